The van der Waals surface area contributed by atoms with Crippen LogP contribution in [0.4, 0.5) is 0 Å². The van der Waals surface area contributed by atoms with Crippen LogP contribution in [0.15, 0.2) is 0 Å². The number of ether oxygens (including phenoxy) is 1. The van der Waals surface area contributed by atoms with Gasteiger partial charge in [-0.05, 0) is 13.1 Å². The molecular weight excluding hydrogens is 206 g/mol. The second-order valence-electron chi connectivity index (χ2n) is 5.22. The first kappa shape index (κ1) is 15.1. The summed E-state index contributed by atoms with van der Waals surface area (Å²) in [5.41, 5.74) is 0. The highest BCUT2D eigenvalue weighted by Gasteiger charge is 2.15. The van der Waals surface area contributed by atoms with Gasteiger partial charge < -0.3 is 14.7 Å². The summed E-state index contributed by atoms with van der Waals surface area (Å²) < 4.78 is 5.53. The molecule has 0 fully saturated rings. The van der Waals surface area contributed by atoms with E-state index in [2.05, 4.69) is 38.4 Å². The molecule has 0 aromatic rings. The largest absolute Gasteiger partial charge is 0.389 e. The van der Waals surface area contributed by atoms with Crippen molar-refractivity contribution in [2.24, 2.45) is 0 Å². The number of hydrogen-bond acceptors (Lipinski definition) is 3. The van der Waals surface area contributed by atoms with Gasteiger partial charge >= 0.3 is 0 Å². The number of hydrogen-bond donors (Lipinski definition) is 1. The van der Waals surface area contributed by atoms with Crippen molar-refractivity contribution >= 4 is 8.07 Å². The molecule has 0 aromatic heterocycles. The fourth-order valence-electron chi connectivity index (χ4n) is 1.33. The van der Waals surface area contributed by atoms with Gasteiger partial charge in [0.05, 0.1) is 20.8 Å². The summed E-state index contributed by atoms with van der Waals surface area (Å²) in [4.78, 5) is 2.21. The smallest absolute Gasteiger partial charge is 0.0900 e. The van der Waals surface area contributed by atoms with Gasteiger partial charge in [0.2, 0.25) is 0 Å². The number of rotatable bonds is 8. The van der Waals surface area contributed by atoms with Crippen molar-refractivity contribution < 1.29 is 9.84 Å². The van der Waals surface area contributed by atoms with Crippen LogP contribution in [-0.4, -0.2) is 56.7 Å². The van der Waals surface area contributed by atoms with Gasteiger partial charge in [-0.3, -0.25) is 0 Å². The van der Waals surface area contributed by atoms with Gasteiger partial charge in [0.15, 0.2) is 0 Å². The molecule has 0 saturated carbocycles. The normalized spacial score (nSPS) is 14.6. The Morgan fingerprint density at radius 1 is 1.20 bits per heavy atom. The average molecular weight is 233 g/mol. The Bertz CT molecular complexity index is 155. The van der Waals surface area contributed by atoms with Gasteiger partial charge in [-0.1, -0.05) is 33.5 Å². The van der Waals surface area contributed by atoms with Crippen molar-refractivity contribution in [3.63, 3.8) is 0 Å². The Morgan fingerprint density at radius 2 is 1.73 bits per heavy atom. The highest BCUT2D eigenvalue weighted by atomic mass is 28.3. The van der Waals surface area contributed by atoms with Crippen molar-refractivity contribution in [2.45, 2.75) is 39.6 Å². The summed E-state index contributed by atoms with van der Waals surface area (Å²) in [5.74, 6) is 0. The van der Waals surface area contributed by atoms with Crippen LogP contribution >= 0.6 is 0 Å². The predicted octanol–water partition coefficient (Wildman–Crippen LogP) is 1.58. The SMILES string of the molecule is CCN(CC)CC(O)COC[Si](C)(C)C. The molecule has 92 valence electrons. The van der Waals surface area contributed by atoms with Gasteiger partial charge in [0.25, 0.3) is 0 Å². The number of aliphatic hydroxyl groups is 1. The number of aliphatic hydroxyl groups excluding tert-OH is 1. The standard InChI is InChI=1S/C11H27NO2Si/c1-6-12(7-2)8-11(13)9-14-10-15(3,4)5/h11,13H,6-10H2,1-5H3. The van der Waals surface area contributed by atoms with E-state index in [-0.39, 0.29) is 6.10 Å². The third kappa shape index (κ3) is 9.05. The van der Waals surface area contributed by atoms with Crippen LogP contribution in [0.5, 0.6) is 0 Å². The van der Waals surface area contributed by atoms with E-state index < -0.39 is 8.07 Å². The van der Waals surface area contributed by atoms with Crippen LogP contribution in [0, 0.1) is 0 Å². The minimum absolute atomic E-state index is 0.346. The van der Waals surface area contributed by atoms with Gasteiger partial charge in [0, 0.05) is 12.8 Å². The van der Waals surface area contributed by atoms with E-state index in [4.69, 9.17) is 4.74 Å². The topological polar surface area (TPSA) is 32.7 Å². The third-order valence-corrected chi connectivity index (χ3v) is 3.28. The lowest BCUT2D eigenvalue weighted by molar-refractivity contribution is 0.0319. The van der Waals surface area contributed by atoms with Crippen LogP contribution in [0.25, 0.3) is 0 Å². The molecule has 15 heavy (non-hydrogen) atoms. The van der Waals surface area contributed by atoms with Gasteiger partial charge in [0.1, 0.15) is 0 Å². The maximum Gasteiger partial charge on any atom is 0.0900 e. The summed E-state index contributed by atoms with van der Waals surface area (Å²) >= 11 is 0. The van der Waals surface area contributed by atoms with Gasteiger partial charge in [-0.2, -0.15) is 0 Å². The molecule has 0 aliphatic carbocycles. The molecule has 0 bridgehead atoms. The summed E-state index contributed by atoms with van der Waals surface area (Å²) in [6, 6.07) is 0. The Balaban J connectivity index is 3.61. The molecule has 0 radical (unpaired) electrons. The Labute approximate surface area is 95.4 Å². The van der Waals surface area contributed by atoms with Gasteiger partial charge in [-0.15, -0.1) is 0 Å². The zero-order chi connectivity index (χ0) is 11.9. The highest BCUT2D eigenvalue weighted by molar-refractivity contribution is 6.76. The maximum absolute atomic E-state index is 9.73. The van der Waals surface area contributed by atoms with Crippen LogP contribution in [-0.2, 0) is 4.74 Å². The Kier molecular flexibility index (Phi) is 7.43. The molecule has 4 heteroatoms. The lowest BCUT2D eigenvalue weighted by atomic mass is 10.3. The highest BCUT2D eigenvalue weighted by Crippen LogP contribution is 2.01. The van der Waals surface area contributed by atoms with E-state index in [0.29, 0.717) is 6.61 Å². The molecule has 0 rings (SSSR count). The zero-order valence-corrected chi connectivity index (χ0v) is 11.9. The molecule has 1 unspecified atom stereocenters. The summed E-state index contributed by atoms with van der Waals surface area (Å²) in [6.07, 6.45) is 0.490. The monoisotopic (exact) mass is 233 g/mol. The Hall–Kier alpha value is 0.0969. The number of likely N-dealkylation sites (N-methyl/N-ethyl adjacent to an activating group) is 1. The van der Waals surface area contributed by atoms with Crippen LogP contribution < -0.4 is 0 Å². The van der Waals surface area contributed by atoms with Crippen LogP contribution in [0.1, 0.15) is 13.8 Å². The van der Waals surface area contributed by atoms with Crippen molar-refractivity contribution in [3.8, 4) is 0 Å². The minimum Gasteiger partial charge on any atom is -0.389 e. The second kappa shape index (κ2) is 7.38. The average Bonchev–Trinajstić information content (AvgIpc) is 2.12. The quantitative estimate of drug-likeness (QED) is 0.646. The van der Waals surface area contributed by atoms with E-state index in [1.165, 1.54) is 0 Å². The molecule has 0 saturated heterocycles. The molecule has 0 amide bonds. The predicted molar refractivity (Wildman–Crippen MR) is 68.0 cm³/mol. The van der Waals surface area contributed by atoms with Gasteiger partial charge in [-0.25, -0.2) is 0 Å². The first-order valence-corrected chi connectivity index (χ1v) is 9.58. The lowest BCUT2D eigenvalue weighted by Crippen LogP contribution is -2.36. The molecule has 0 aromatic carbocycles. The van der Waals surface area contributed by atoms with E-state index in [0.717, 1.165) is 25.9 Å². The summed E-state index contributed by atoms with van der Waals surface area (Å²) in [5, 5.41) is 9.73. The first-order valence-electron chi connectivity index (χ1n) is 5.87. The van der Waals surface area contributed by atoms with Crippen molar-refractivity contribution in [1.82, 2.24) is 4.90 Å². The lowest BCUT2D eigenvalue weighted by Gasteiger charge is -2.23. The Morgan fingerprint density at radius 3 is 2.13 bits per heavy atom. The second-order valence-corrected chi connectivity index (χ2v) is 10.6. The van der Waals surface area contributed by atoms with E-state index in [1.807, 2.05) is 0 Å². The van der Waals surface area contributed by atoms with Crippen molar-refractivity contribution in [3.05, 3.63) is 0 Å². The molecule has 1 atom stereocenters. The van der Waals surface area contributed by atoms with E-state index in [9.17, 15) is 5.11 Å². The molecule has 0 aliphatic rings. The fraction of sp³-hybridized carbons (Fsp3) is 1.00. The first-order chi connectivity index (χ1) is 6.89. The van der Waals surface area contributed by atoms with Crippen molar-refractivity contribution in [2.75, 3.05) is 32.5 Å². The molecule has 0 spiro atoms. The zero-order valence-electron chi connectivity index (χ0n) is 10.9. The van der Waals surface area contributed by atoms with Crippen molar-refractivity contribution in [1.29, 1.82) is 0 Å². The van der Waals surface area contributed by atoms with E-state index >= 15 is 0 Å². The summed E-state index contributed by atoms with van der Waals surface area (Å²) in [6.45, 7) is 14.2. The molecular formula is C11H27NO2Si. The van der Waals surface area contributed by atoms with E-state index in [1.54, 1.807) is 0 Å². The minimum atomic E-state index is -1.13. The number of nitrogens with zero attached hydrogens (tertiary/aromatic N) is 1. The van der Waals surface area contributed by atoms with Crippen LogP contribution in [0.2, 0.25) is 19.6 Å². The maximum atomic E-state index is 9.73. The molecule has 1 N–H and O–H groups in total. The molecule has 0 aliphatic heterocycles. The van der Waals surface area contributed by atoms with Crippen LogP contribution in [0.3, 0.4) is 0 Å². The summed E-state index contributed by atoms with van der Waals surface area (Å²) in [7, 11) is -1.13. The fourth-order valence-corrected chi connectivity index (χ4v) is 2.06. The molecule has 0 heterocycles. The molecule has 3 nitrogen and oxygen atoms in total. The third-order valence-electron chi connectivity index (χ3n) is 2.21.